The van der Waals surface area contributed by atoms with Crippen molar-refractivity contribution in [3.63, 3.8) is 0 Å². The molecular formula is C49H76N2O14S. The number of aliphatic hydroxyl groups is 5. The highest BCUT2D eigenvalue weighted by molar-refractivity contribution is 7.08. The number of ether oxygens (including phenoxy) is 6. The second-order valence-electron chi connectivity index (χ2n) is 20.1. The predicted octanol–water partition coefficient (Wildman–Crippen LogP) is 3.85. The minimum atomic E-state index is -2.21. The van der Waals surface area contributed by atoms with Crippen molar-refractivity contribution in [2.45, 2.75) is 179 Å². The van der Waals surface area contributed by atoms with Crippen LogP contribution in [-0.4, -0.2) is 160 Å². The lowest BCUT2D eigenvalue weighted by molar-refractivity contribution is -0.318. The molecule has 3 fully saturated rings. The Morgan fingerprint density at radius 2 is 1.62 bits per heavy atom. The first-order chi connectivity index (χ1) is 30.8. The monoisotopic (exact) mass is 949 g/mol. The standard InChI is InChI=1S/C49H76N2O14S/c1-26-23-47(7,58)44(65-46-40(54)35(51(10)11)20-27(2)61-46)29(4)41(64-38-24-48(8,60-12)43(56)31(6)62-38)30(5)45(57)63-36(49(9,59)42(55)28(3)39(26)53)16-18-50-37(52)22-32-14-13-15-33(21-32)34-17-19-66-25-34/h13-15,17,19,21,25-31,35-36,38,40-44,46,54-56,58-59H,16,18,20,22-24H2,1-12H3,(H,50,52)/t26-,27-,28+,29+,30-,31+,35+,36-,38+,40-,41+,42-,43+,44-,46+,47-,48-,49-/m1/s1. The molecule has 3 aliphatic rings. The maximum atomic E-state index is 14.7. The van der Waals surface area contributed by atoms with Gasteiger partial charge < -0.3 is 64.2 Å². The van der Waals surface area contributed by atoms with E-state index in [1.54, 1.807) is 46.0 Å². The third kappa shape index (κ3) is 12.5. The van der Waals surface area contributed by atoms with E-state index in [0.29, 0.717) is 6.42 Å². The maximum absolute atomic E-state index is 14.7. The van der Waals surface area contributed by atoms with E-state index in [-0.39, 0.29) is 50.3 Å². The lowest BCUT2D eigenvalue weighted by Crippen LogP contribution is -2.61. The van der Waals surface area contributed by atoms with Gasteiger partial charge in [-0.05, 0) is 102 Å². The number of carbonyl (C=O) groups excluding carboxylic acids is 3. The van der Waals surface area contributed by atoms with Gasteiger partial charge in [-0.2, -0.15) is 11.3 Å². The highest BCUT2D eigenvalue weighted by Gasteiger charge is 2.53. The summed E-state index contributed by atoms with van der Waals surface area (Å²) in [6.07, 6.45) is -11.0. The lowest BCUT2D eigenvalue weighted by atomic mass is 9.74. The Morgan fingerprint density at radius 3 is 2.26 bits per heavy atom. The quantitative estimate of drug-likeness (QED) is 0.166. The van der Waals surface area contributed by atoms with E-state index in [1.165, 1.54) is 27.9 Å². The summed E-state index contributed by atoms with van der Waals surface area (Å²) in [5.74, 6) is -5.89. The van der Waals surface area contributed by atoms with E-state index < -0.39 is 108 Å². The molecular weight excluding hydrogens is 873 g/mol. The van der Waals surface area contributed by atoms with Gasteiger partial charge in [0.05, 0.1) is 54.1 Å². The van der Waals surface area contributed by atoms with Gasteiger partial charge in [-0.3, -0.25) is 14.4 Å². The van der Waals surface area contributed by atoms with E-state index >= 15 is 0 Å². The Balaban J connectivity index is 1.50. The van der Waals surface area contributed by atoms with Crippen LogP contribution in [0.4, 0.5) is 0 Å². The molecule has 3 saturated heterocycles. The Kier molecular flexibility index (Phi) is 18.2. The molecule has 1 aromatic heterocycles. The molecule has 0 radical (unpaired) electrons. The smallest absolute Gasteiger partial charge is 0.311 e. The van der Waals surface area contributed by atoms with Crippen molar-refractivity contribution in [2.75, 3.05) is 27.7 Å². The Hall–Kier alpha value is -2.91. The van der Waals surface area contributed by atoms with Gasteiger partial charge in [0.2, 0.25) is 5.91 Å². The summed E-state index contributed by atoms with van der Waals surface area (Å²) in [5.41, 5.74) is -2.38. The number of Topliss-reactive ketones (excluding diaryl/α,β-unsaturated/α-hetero) is 1. The van der Waals surface area contributed by atoms with Crippen LogP contribution in [0.3, 0.4) is 0 Å². The second-order valence-corrected chi connectivity index (χ2v) is 20.9. The highest BCUT2D eigenvalue weighted by Crippen LogP contribution is 2.41. The van der Waals surface area contributed by atoms with Crippen LogP contribution in [0.1, 0.15) is 93.6 Å². The first-order valence-electron chi connectivity index (χ1n) is 23.3. The first kappa shape index (κ1) is 54.0. The number of rotatable bonds is 12. The third-order valence-electron chi connectivity index (χ3n) is 14.3. The second kappa shape index (κ2) is 22.2. The molecule has 17 heteroatoms. The molecule has 0 spiro atoms. The zero-order chi connectivity index (χ0) is 49.1. The maximum Gasteiger partial charge on any atom is 0.311 e. The number of benzene rings is 1. The molecule has 16 nitrogen and oxygen atoms in total. The van der Waals surface area contributed by atoms with Crippen LogP contribution in [-0.2, 0) is 49.2 Å². The zero-order valence-corrected chi connectivity index (χ0v) is 41.5. The number of esters is 1. The molecule has 0 unspecified atom stereocenters. The summed E-state index contributed by atoms with van der Waals surface area (Å²) in [7, 11) is 5.14. The lowest BCUT2D eigenvalue weighted by Gasteiger charge is -2.49. The molecule has 2 aromatic rings. The van der Waals surface area contributed by atoms with E-state index in [2.05, 4.69) is 5.32 Å². The van der Waals surface area contributed by atoms with Gasteiger partial charge in [0.25, 0.3) is 0 Å². The Morgan fingerprint density at radius 1 is 0.924 bits per heavy atom. The van der Waals surface area contributed by atoms with Crippen molar-refractivity contribution < 1.29 is 68.3 Å². The SMILES string of the molecule is CO[C@]1(C)C[C@H](O[C@H]2[C@H](C)[C@@H](O[C@@H]3O[C@H](C)C[C@H](N(C)C)[C@H]3O)[C@](C)(O)C[C@@H](C)C(=O)[C@H](C)[C@@H](O)[C@](C)(O)[C@@H](CCNC(=O)Cc3cccc(-c4ccsc4)c3)OC(=O)[C@@H]2C)O[C@@H](C)[C@@H]1O. The summed E-state index contributed by atoms with van der Waals surface area (Å²) in [6, 6.07) is 9.29. The normalized spacial score (nSPS) is 41.0. The Bertz CT molecular complexity index is 1910. The van der Waals surface area contributed by atoms with E-state index in [1.807, 2.05) is 67.0 Å². The van der Waals surface area contributed by atoms with Crippen molar-refractivity contribution in [2.24, 2.45) is 23.7 Å². The molecule has 1 aromatic carbocycles. The Labute approximate surface area is 394 Å². The van der Waals surface area contributed by atoms with Gasteiger partial charge in [-0.25, -0.2) is 0 Å². The van der Waals surface area contributed by atoms with Crippen LogP contribution < -0.4 is 5.32 Å². The van der Waals surface area contributed by atoms with Crippen LogP contribution in [0.2, 0.25) is 0 Å². The van der Waals surface area contributed by atoms with Gasteiger partial charge in [0.1, 0.15) is 29.7 Å². The number of hydrogen-bond donors (Lipinski definition) is 6. The molecule has 0 aliphatic carbocycles. The van der Waals surface area contributed by atoms with Crippen LogP contribution in [0.15, 0.2) is 41.1 Å². The largest absolute Gasteiger partial charge is 0.459 e. The number of ketones is 1. The number of methoxy groups -OCH3 is 1. The molecule has 1 amide bonds. The number of hydrogen-bond acceptors (Lipinski definition) is 16. The summed E-state index contributed by atoms with van der Waals surface area (Å²) >= 11 is 1.58. The summed E-state index contributed by atoms with van der Waals surface area (Å²) in [5, 5.41) is 66.1. The van der Waals surface area contributed by atoms with Crippen LogP contribution in [0, 0.1) is 23.7 Å². The number of carbonyl (C=O) groups is 3. The zero-order valence-electron chi connectivity index (χ0n) is 40.7. The number of thiophene rings is 1. The number of likely N-dealkylation sites (N-methyl/N-ethyl adjacent to an activating group) is 1. The van der Waals surface area contributed by atoms with Crippen molar-refractivity contribution in [3.05, 3.63) is 46.7 Å². The van der Waals surface area contributed by atoms with E-state index in [9.17, 15) is 39.9 Å². The number of nitrogens with one attached hydrogen (secondary N) is 1. The summed E-state index contributed by atoms with van der Waals surface area (Å²) in [6.45, 7) is 14.4. The van der Waals surface area contributed by atoms with Gasteiger partial charge >= 0.3 is 5.97 Å². The van der Waals surface area contributed by atoms with Crippen molar-refractivity contribution >= 4 is 29.0 Å². The highest BCUT2D eigenvalue weighted by atomic mass is 32.1. The van der Waals surface area contributed by atoms with Crippen molar-refractivity contribution in [1.82, 2.24) is 10.2 Å². The summed E-state index contributed by atoms with van der Waals surface area (Å²) < 4.78 is 37.7. The van der Waals surface area contributed by atoms with Gasteiger partial charge in [-0.1, -0.05) is 45.0 Å². The fourth-order valence-corrected chi connectivity index (χ4v) is 10.8. The van der Waals surface area contributed by atoms with E-state index in [0.717, 1.165) is 16.7 Å². The average Bonchev–Trinajstić information content (AvgIpc) is 3.81. The fraction of sp³-hybridized carbons (Fsp3) is 0.735. The minimum absolute atomic E-state index is 0.0410. The number of nitrogens with zero attached hydrogens (tertiary/aromatic N) is 1. The number of aliphatic hydroxyl groups excluding tert-OH is 3. The van der Waals surface area contributed by atoms with Crippen LogP contribution in [0.5, 0.6) is 0 Å². The topological polar surface area (TPSA) is 223 Å². The summed E-state index contributed by atoms with van der Waals surface area (Å²) in [4.78, 5) is 44.1. The molecule has 66 heavy (non-hydrogen) atoms. The predicted molar refractivity (Wildman–Crippen MR) is 247 cm³/mol. The molecule has 18 atom stereocenters. The van der Waals surface area contributed by atoms with Gasteiger partial charge in [-0.15, -0.1) is 0 Å². The first-order valence-corrected chi connectivity index (χ1v) is 24.2. The molecule has 6 N–H and O–H groups in total. The average molecular weight is 949 g/mol. The van der Waals surface area contributed by atoms with Crippen LogP contribution in [0.25, 0.3) is 11.1 Å². The minimum Gasteiger partial charge on any atom is -0.459 e. The molecule has 5 rings (SSSR count). The molecule has 372 valence electrons. The molecule has 4 heterocycles. The van der Waals surface area contributed by atoms with Gasteiger partial charge in [0.15, 0.2) is 12.6 Å². The van der Waals surface area contributed by atoms with Crippen molar-refractivity contribution in [1.29, 1.82) is 0 Å². The van der Waals surface area contributed by atoms with E-state index in [4.69, 9.17) is 28.4 Å². The molecule has 0 bridgehead atoms. The van der Waals surface area contributed by atoms with Gasteiger partial charge in [0, 0.05) is 50.3 Å². The fourth-order valence-electron chi connectivity index (χ4n) is 10.1. The van der Waals surface area contributed by atoms with Crippen molar-refractivity contribution in [3.8, 4) is 11.1 Å². The number of amides is 1. The third-order valence-corrected chi connectivity index (χ3v) is 15.0. The van der Waals surface area contributed by atoms with Crippen LogP contribution >= 0.6 is 11.3 Å². The molecule has 0 saturated carbocycles. The molecule has 3 aliphatic heterocycles. The number of cyclic esters (lactones) is 1.